The van der Waals surface area contributed by atoms with Gasteiger partial charge in [0.05, 0.1) is 25.3 Å². The second kappa shape index (κ2) is 11.3. The summed E-state index contributed by atoms with van der Waals surface area (Å²) in [5.41, 5.74) is 6.88. The average molecular weight is 427 g/mol. The van der Waals surface area contributed by atoms with Crippen molar-refractivity contribution in [1.29, 1.82) is 0 Å². The first-order valence-corrected chi connectivity index (χ1v) is 8.77. The molecule has 1 saturated heterocycles. The van der Waals surface area contributed by atoms with Gasteiger partial charge in [-0.1, -0.05) is 44.5 Å². The minimum absolute atomic E-state index is 0. The third-order valence-corrected chi connectivity index (χ3v) is 4.64. The lowest BCUT2D eigenvalue weighted by atomic mass is 9.87. The summed E-state index contributed by atoms with van der Waals surface area (Å²) in [6.07, 6.45) is 0. The molecule has 1 aliphatic rings. The van der Waals surface area contributed by atoms with Crippen molar-refractivity contribution in [3.8, 4) is 0 Å². The Balaban J connectivity index is 0.00000312. The Morgan fingerprint density at radius 2 is 1.92 bits per heavy atom. The number of nitrogens with two attached hydrogens (primary N) is 1. The average Bonchev–Trinajstić information content (AvgIpc) is 2.54. The summed E-state index contributed by atoms with van der Waals surface area (Å²) in [6, 6.07) is 7.31. The van der Waals surface area contributed by atoms with Gasteiger partial charge in [-0.25, -0.2) is 0 Å². The molecule has 0 bridgehead atoms. The van der Waals surface area contributed by atoms with Crippen LogP contribution in [0.4, 0.5) is 0 Å². The Bertz CT molecular complexity index is 561. The molecule has 150 valence electrons. The fourth-order valence-corrected chi connectivity index (χ4v) is 2.96. The van der Waals surface area contributed by atoms with Crippen LogP contribution in [0.2, 0.25) is 5.02 Å². The number of nitrogens with zero attached hydrogens (tertiary/aromatic N) is 1. The molecular formula is C18H30Cl3N3O2. The van der Waals surface area contributed by atoms with Gasteiger partial charge >= 0.3 is 0 Å². The second-order valence-electron chi connectivity index (χ2n) is 7.31. The lowest BCUT2D eigenvalue weighted by Gasteiger charge is -2.35. The summed E-state index contributed by atoms with van der Waals surface area (Å²) < 4.78 is 5.44. The molecule has 2 atom stereocenters. The summed E-state index contributed by atoms with van der Waals surface area (Å²) in [5, 5.41) is 3.71. The highest BCUT2D eigenvalue weighted by Gasteiger charge is 2.29. The molecule has 0 saturated carbocycles. The largest absolute Gasteiger partial charge is 0.379 e. The highest BCUT2D eigenvalue weighted by atomic mass is 35.5. The molecule has 8 heteroatoms. The zero-order valence-corrected chi connectivity index (χ0v) is 17.9. The Labute approximate surface area is 173 Å². The lowest BCUT2D eigenvalue weighted by Crippen LogP contribution is -2.51. The van der Waals surface area contributed by atoms with Crippen LogP contribution >= 0.6 is 36.4 Å². The number of halogens is 3. The third kappa shape index (κ3) is 7.22. The number of ether oxygens (including phenoxy) is 1. The van der Waals surface area contributed by atoms with Crippen LogP contribution in [0.15, 0.2) is 24.3 Å². The number of carbonyl (C=O) groups is 1. The van der Waals surface area contributed by atoms with E-state index in [2.05, 4.69) is 10.2 Å². The second-order valence-corrected chi connectivity index (χ2v) is 7.74. The number of hydrogen-bond donors (Lipinski definition) is 2. The predicted molar refractivity (Wildman–Crippen MR) is 112 cm³/mol. The number of rotatable bonds is 5. The van der Waals surface area contributed by atoms with Gasteiger partial charge in [0.2, 0.25) is 5.91 Å². The van der Waals surface area contributed by atoms with Crippen molar-refractivity contribution in [2.45, 2.75) is 32.9 Å². The van der Waals surface area contributed by atoms with Crippen LogP contribution in [-0.4, -0.2) is 49.7 Å². The first-order chi connectivity index (χ1) is 11.3. The summed E-state index contributed by atoms with van der Waals surface area (Å²) in [7, 11) is 0. The van der Waals surface area contributed by atoms with Crippen molar-refractivity contribution >= 4 is 42.3 Å². The summed E-state index contributed by atoms with van der Waals surface area (Å²) in [5.74, 6) is -0.122. The maximum atomic E-state index is 12.4. The van der Waals surface area contributed by atoms with E-state index in [1.54, 1.807) is 0 Å². The van der Waals surface area contributed by atoms with Gasteiger partial charge in [0, 0.05) is 24.7 Å². The molecule has 0 spiro atoms. The van der Waals surface area contributed by atoms with Crippen molar-refractivity contribution < 1.29 is 9.53 Å². The maximum absolute atomic E-state index is 12.4. The van der Waals surface area contributed by atoms with E-state index in [-0.39, 0.29) is 42.2 Å². The Morgan fingerprint density at radius 1 is 1.31 bits per heavy atom. The van der Waals surface area contributed by atoms with E-state index in [1.807, 2.05) is 45.0 Å². The quantitative estimate of drug-likeness (QED) is 0.759. The molecule has 1 aliphatic heterocycles. The molecule has 1 heterocycles. The van der Waals surface area contributed by atoms with Gasteiger partial charge in [0.25, 0.3) is 0 Å². The number of nitrogens with one attached hydrogen (secondary N) is 1. The minimum Gasteiger partial charge on any atom is -0.379 e. The van der Waals surface area contributed by atoms with Gasteiger partial charge in [0.15, 0.2) is 0 Å². The Hall–Kier alpha value is -0.560. The molecule has 0 radical (unpaired) electrons. The van der Waals surface area contributed by atoms with Crippen molar-refractivity contribution in [3.05, 3.63) is 34.9 Å². The lowest BCUT2D eigenvalue weighted by molar-refractivity contribution is -0.124. The van der Waals surface area contributed by atoms with E-state index in [0.717, 1.165) is 18.7 Å². The molecule has 1 aromatic carbocycles. The first-order valence-electron chi connectivity index (χ1n) is 8.39. The van der Waals surface area contributed by atoms with Crippen molar-refractivity contribution in [2.75, 3.05) is 32.8 Å². The highest BCUT2D eigenvalue weighted by Crippen LogP contribution is 2.24. The molecule has 1 fully saturated rings. The molecular weight excluding hydrogens is 397 g/mol. The number of benzene rings is 1. The van der Waals surface area contributed by atoms with E-state index >= 15 is 0 Å². The van der Waals surface area contributed by atoms with Gasteiger partial charge in [-0.2, -0.15) is 0 Å². The minimum atomic E-state index is -0.540. The van der Waals surface area contributed by atoms with Crippen LogP contribution in [0.3, 0.4) is 0 Å². The van der Waals surface area contributed by atoms with Crippen LogP contribution in [0, 0.1) is 5.41 Å². The Morgan fingerprint density at radius 3 is 2.46 bits per heavy atom. The van der Waals surface area contributed by atoms with E-state index in [9.17, 15) is 4.79 Å². The van der Waals surface area contributed by atoms with Crippen LogP contribution < -0.4 is 11.1 Å². The van der Waals surface area contributed by atoms with Crippen LogP contribution in [0.25, 0.3) is 0 Å². The normalized spacial score (nSPS) is 17.4. The third-order valence-electron chi connectivity index (χ3n) is 4.41. The number of hydrogen-bond acceptors (Lipinski definition) is 4. The van der Waals surface area contributed by atoms with Crippen LogP contribution in [0.5, 0.6) is 0 Å². The molecule has 1 unspecified atom stereocenters. The zero-order chi connectivity index (χ0) is 17.7. The number of amides is 1. The monoisotopic (exact) mass is 425 g/mol. The molecule has 3 N–H and O–H groups in total. The van der Waals surface area contributed by atoms with Crippen molar-refractivity contribution in [2.24, 2.45) is 11.1 Å². The van der Waals surface area contributed by atoms with E-state index in [4.69, 9.17) is 22.1 Å². The SMILES string of the molecule is CC(C)(C)[C@H](N)C(=O)NCC(c1cccc(Cl)c1)N1CCOCC1.Cl.Cl. The summed E-state index contributed by atoms with van der Waals surface area (Å²) >= 11 is 6.15. The molecule has 26 heavy (non-hydrogen) atoms. The maximum Gasteiger partial charge on any atom is 0.237 e. The van der Waals surface area contributed by atoms with E-state index in [1.165, 1.54) is 0 Å². The molecule has 5 nitrogen and oxygen atoms in total. The van der Waals surface area contributed by atoms with Gasteiger partial charge in [-0.3, -0.25) is 9.69 Å². The van der Waals surface area contributed by atoms with Crippen LogP contribution in [0.1, 0.15) is 32.4 Å². The zero-order valence-electron chi connectivity index (χ0n) is 15.5. The number of morpholine rings is 1. The fraction of sp³-hybridized carbons (Fsp3) is 0.611. The van der Waals surface area contributed by atoms with E-state index in [0.29, 0.717) is 24.8 Å². The van der Waals surface area contributed by atoms with Gasteiger partial charge in [-0.05, 0) is 23.1 Å². The van der Waals surface area contributed by atoms with Crippen molar-refractivity contribution in [1.82, 2.24) is 10.2 Å². The summed E-state index contributed by atoms with van der Waals surface area (Å²) in [6.45, 7) is 9.47. The van der Waals surface area contributed by atoms with Crippen LogP contribution in [-0.2, 0) is 9.53 Å². The molecule has 1 aromatic rings. The number of carbonyl (C=O) groups excluding carboxylic acids is 1. The molecule has 0 aromatic heterocycles. The molecule has 0 aliphatic carbocycles. The fourth-order valence-electron chi connectivity index (χ4n) is 2.76. The smallest absolute Gasteiger partial charge is 0.237 e. The van der Waals surface area contributed by atoms with Gasteiger partial charge in [-0.15, -0.1) is 24.8 Å². The topological polar surface area (TPSA) is 67.6 Å². The molecule has 1 amide bonds. The predicted octanol–water partition coefficient (Wildman–Crippen LogP) is 3.05. The van der Waals surface area contributed by atoms with Gasteiger partial charge in [0.1, 0.15) is 0 Å². The standard InChI is InChI=1S/C18H28ClN3O2.2ClH/c1-18(2,3)16(20)17(23)21-12-15(22-7-9-24-10-8-22)13-5-4-6-14(19)11-13;;/h4-6,11,15-16H,7-10,12,20H2,1-3H3,(H,21,23);2*1H/t15?,16-;;/m1../s1. The summed E-state index contributed by atoms with van der Waals surface area (Å²) in [4.78, 5) is 14.7. The van der Waals surface area contributed by atoms with E-state index < -0.39 is 6.04 Å². The van der Waals surface area contributed by atoms with Gasteiger partial charge < -0.3 is 15.8 Å². The molecule has 2 rings (SSSR count). The van der Waals surface area contributed by atoms with Crippen molar-refractivity contribution in [3.63, 3.8) is 0 Å². The highest BCUT2D eigenvalue weighted by molar-refractivity contribution is 6.30. The Kier molecular flexibility index (Phi) is 11.1. The first kappa shape index (κ1) is 25.4.